The second kappa shape index (κ2) is 7.13. The predicted octanol–water partition coefficient (Wildman–Crippen LogP) is 1.62. The van der Waals surface area contributed by atoms with Gasteiger partial charge in [0.1, 0.15) is 28.3 Å². The van der Waals surface area contributed by atoms with Crippen LogP contribution in [0, 0.1) is 23.0 Å². The molecule has 0 aliphatic rings. The molecule has 0 radical (unpaired) electrons. The highest BCUT2D eigenvalue weighted by Crippen LogP contribution is 2.15. The maximum atomic E-state index is 13.5. The molecule has 1 aromatic carbocycles. The Kier molecular flexibility index (Phi) is 5.20. The van der Waals surface area contributed by atoms with E-state index in [2.05, 4.69) is 15.0 Å². The van der Waals surface area contributed by atoms with Crippen LogP contribution in [0.4, 0.5) is 14.5 Å². The van der Waals surface area contributed by atoms with Gasteiger partial charge in [0, 0.05) is 19.2 Å². The largest absolute Gasteiger partial charge is 0.382 e. The van der Waals surface area contributed by atoms with Gasteiger partial charge in [0.2, 0.25) is 10.0 Å². The normalized spacial score (nSPS) is 11.0. The van der Waals surface area contributed by atoms with E-state index in [1.54, 1.807) is 6.07 Å². The highest BCUT2D eigenvalue weighted by atomic mass is 32.2. The van der Waals surface area contributed by atoms with Gasteiger partial charge in [-0.15, -0.1) is 0 Å². The summed E-state index contributed by atoms with van der Waals surface area (Å²) in [5.74, 6) is -2.00. The zero-order valence-electron chi connectivity index (χ0n) is 11.8. The lowest BCUT2D eigenvalue weighted by Gasteiger charge is -2.09. The summed E-state index contributed by atoms with van der Waals surface area (Å²) < 4.78 is 52.3. The fourth-order valence-electron chi connectivity index (χ4n) is 1.73. The van der Waals surface area contributed by atoms with Crippen LogP contribution < -0.4 is 10.0 Å². The predicted molar refractivity (Wildman–Crippen MR) is 79.0 cm³/mol. The number of anilines is 1. The van der Waals surface area contributed by atoms with Crippen molar-refractivity contribution >= 4 is 15.7 Å². The topological polar surface area (TPSA) is 94.9 Å². The molecule has 0 aliphatic carbocycles. The van der Waals surface area contributed by atoms with Crippen molar-refractivity contribution in [2.24, 2.45) is 0 Å². The van der Waals surface area contributed by atoms with Crippen LogP contribution in [0.1, 0.15) is 5.69 Å². The Morgan fingerprint density at radius 1 is 1.17 bits per heavy atom. The number of aromatic nitrogens is 1. The van der Waals surface area contributed by atoms with Gasteiger partial charge in [-0.3, -0.25) is 0 Å². The van der Waals surface area contributed by atoms with Crippen LogP contribution >= 0.6 is 0 Å². The number of hydrogen-bond acceptors (Lipinski definition) is 5. The molecule has 2 N–H and O–H groups in total. The molecule has 2 aromatic rings. The molecule has 23 heavy (non-hydrogen) atoms. The lowest BCUT2D eigenvalue weighted by atomic mass is 10.3. The van der Waals surface area contributed by atoms with Crippen molar-refractivity contribution in [1.29, 1.82) is 5.26 Å². The first kappa shape index (κ1) is 16.8. The Hall–Kier alpha value is -2.57. The Balaban J connectivity index is 1.91. The number of benzene rings is 1. The van der Waals surface area contributed by atoms with Gasteiger partial charge >= 0.3 is 0 Å². The summed E-state index contributed by atoms with van der Waals surface area (Å²) in [6.45, 7) is 0.203. The van der Waals surface area contributed by atoms with Crippen LogP contribution in [-0.2, 0) is 10.0 Å². The Bertz CT molecular complexity index is 833. The number of rotatable bonds is 6. The maximum absolute atomic E-state index is 13.5. The number of hydrogen-bond donors (Lipinski definition) is 2. The van der Waals surface area contributed by atoms with Crippen LogP contribution in [0.3, 0.4) is 0 Å². The first-order chi connectivity index (χ1) is 10.9. The van der Waals surface area contributed by atoms with Gasteiger partial charge in [-0.2, -0.15) is 5.26 Å². The number of halogens is 2. The van der Waals surface area contributed by atoms with Gasteiger partial charge in [0.05, 0.1) is 11.9 Å². The number of nitriles is 1. The van der Waals surface area contributed by atoms with E-state index in [1.165, 1.54) is 12.3 Å². The molecule has 0 atom stereocenters. The molecule has 0 unspecified atom stereocenters. The molecule has 0 spiro atoms. The molecule has 0 fully saturated rings. The van der Waals surface area contributed by atoms with Crippen LogP contribution in [-0.4, -0.2) is 26.5 Å². The Morgan fingerprint density at radius 2 is 1.96 bits per heavy atom. The quantitative estimate of drug-likeness (QED) is 0.781. The van der Waals surface area contributed by atoms with Gasteiger partial charge in [-0.1, -0.05) is 0 Å². The van der Waals surface area contributed by atoms with Crippen molar-refractivity contribution in [2.75, 3.05) is 18.4 Å². The molecule has 0 amide bonds. The summed E-state index contributed by atoms with van der Waals surface area (Å²) in [5.41, 5.74) is 0.874. The number of nitrogens with one attached hydrogen (secondary N) is 2. The molecule has 6 nitrogen and oxygen atoms in total. The highest BCUT2D eigenvalue weighted by Gasteiger charge is 2.18. The molecule has 0 saturated heterocycles. The summed E-state index contributed by atoms with van der Waals surface area (Å²) in [5, 5.41) is 11.5. The third-order valence-electron chi connectivity index (χ3n) is 2.81. The highest BCUT2D eigenvalue weighted by molar-refractivity contribution is 7.89. The van der Waals surface area contributed by atoms with E-state index >= 15 is 0 Å². The van der Waals surface area contributed by atoms with Crippen molar-refractivity contribution in [3.63, 3.8) is 0 Å². The van der Waals surface area contributed by atoms with Crippen molar-refractivity contribution in [2.45, 2.75) is 4.90 Å². The standard InChI is InChI=1S/C14H12F2N4O2S/c15-10-1-4-14(13(16)7-10)23(21,22)20-6-5-18-12-3-2-11(8-17)19-9-12/h1-4,7,9,18,20H,5-6H2. The molecule has 2 rings (SSSR count). The molecule has 1 heterocycles. The van der Waals surface area contributed by atoms with E-state index < -0.39 is 26.6 Å². The van der Waals surface area contributed by atoms with Crippen LogP contribution in [0.2, 0.25) is 0 Å². The van der Waals surface area contributed by atoms with Crippen LogP contribution in [0.25, 0.3) is 0 Å². The second-order valence-electron chi connectivity index (χ2n) is 4.44. The second-order valence-corrected chi connectivity index (χ2v) is 6.18. The molecule has 0 saturated carbocycles. The van der Waals surface area contributed by atoms with E-state index in [9.17, 15) is 17.2 Å². The van der Waals surface area contributed by atoms with E-state index in [1.807, 2.05) is 6.07 Å². The van der Waals surface area contributed by atoms with Crippen molar-refractivity contribution in [1.82, 2.24) is 9.71 Å². The van der Waals surface area contributed by atoms with E-state index in [4.69, 9.17) is 5.26 Å². The maximum Gasteiger partial charge on any atom is 0.243 e. The lowest BCUT2D eigenvalue weighted by Crippen LogP contribution is -2.29. The molecule has 0 bridgehead atoms. The minimum Gasteiger partial charge on any atom is -0.382 e. The number of pyridine rings is 1. The van der Waals surface area contributed by atoms with Crippen molar-refractivity contribution in [3.05, 3.63) is 53.9 Å². The molecular formula is C14H12F2N4O2S. The van der Waals surface area contributed by atoms with Crippen LogP contribution in [0.15, 0.2) is 41.4 Å². The molecule has 9 heteroatoms. The summed E-state index contributed by atoms with van der Waals surface area (Å²) in [6, 6.07) is 7.26. The van der Waals surface area contributed by atoms with Gasteiger partial charge in [0.15, 0.2) is 0 Å². The summed E-state index contributed by atoms with van der Waals surface area (Å²) >= 11 is 0. The Morgan fingerprint density at radius 3 is 2.57 bits per heavy atom. The number of sulfonamides is 1. The molecule has 1 aromatic heterocycles. The summed E-state index contributed by atoms with van der Waals surface area (Å²) in [6.07, 6.45) is 1.44. The SMILES string of the molecule is N#Cc1ccc(NCCNS(=O)(=O)c2ccc(F)cc2F)cn1. The fourth-order valence-corrected chi connectivity index (χ4v) is 2.82. The smallest absolute Gasteiger partial charge is 0.243 e. The zero-order chi connectivity index (χ0) is 16.9. The minimum atomic E-state index is -4.06. The molecular weight excluding hydrogens is 326 g/mol. The number of nitrogens with zero attached hydrogens (tertiary/aromatic N) is 2. The molecule has 120 valence electrons. The summed E-state index contributed by atoms with van der Waals surface area (Å²) in [7, 11) is -4.06. The van der Waals surface area contributed by atoms with E-state index in [0.717, 1.165) is 12.1 Å². The fraction of sp³-hybridized carbons (Fsp3) is 0.143. The molecule has 0 aliphatic heterocycles. The van der Waals surface area contributed by atoms with Crippen molar-refractivity contribution in [3.8, 4) is 6.07 Å². The average molecular weight is 338 g/mol. The van der Waals surface area contributed by atoms with Gasteiger partial charge < -0.3 is 5.32 Å². The first-order valence-corrected chi connectivity index (χ1v) is 7.95. The Labute approximate surface area is 131 Å². The van der Waals surface area contributed by atoms with Crippen molar-refractivity contribution < 1.29 is 17.2 Å². The lowest BCUT2D eigenvalue weighted by molar-refractivity contribution is 0.544. The van der Waals surface area contributed by atoms with Gasteiger partial charge in [-0.05, 0) is 24.3 Å². The van der Waals surface area contributed by atoms with Gasteiger partial charge in [-0.25, -0.2) is 26.9 Å². The average Bonchev–Trinajstić information content (AvgIpc) is 2.52. The monoisotopic (exact) mass is 338 g/mol. The third-order valence-corrected chi connectivity index (χ3v) is 4.30. The van der Waals surface area contributed by atoms with E-state index in [0.29, 0.717) is 11.8 Å². The zero-order valence-corrected chi connectivity index (χ0v) is 12.6. The van der Waals surface area contributed by atoms with Crippen LogP contribution in [0.5, 0.6) is 0 Å². The minimum absolute atomic E-state index is 0.0147. The van der Waals surface area contributed by atoms with E-state index in [-0.39, 0.29) is 18.8 Å². The van der Waals surface area contributed by atoms with Gasteiger partial charge in [0.25, 0.3) is 0 Å². The third kappa shape index (κ3) is 4.45. The first-order valence-electron chi connectivity index (χ1n) is 6.47. The summed E-state index contributed by atoms with van der Waals surface area (Å²) in [4.78, 5) is 3.23.